The zero-order valence-corrected chi connectivity index (χ0v) is 21.1. The number of halogens is 1. The molecule has 0 spiro atoms. The van der Waals surface area contributed by atoms with Crippen LogP contribution in [0.25, 0.3) is 0 Å². The Bertz CT molecular complexity index is 1070. The minimum absolute atomic E-state index is 0.0291. The SMILES string of the molecule is CCOc1ccc(S(=O)(=O)N(C)CC(=O)N(C)Cc2cc(OC)c(OC)c(OC)c2)cc1Cl. The highest BCUT2D eigenvalue weighted by atomic mass is 35.5. The summed E-state index contributed by atoms with van der Waals surface area (Å²) in [5.74, 6) is 1.35. The smallest absolute Gasteiger partial charge is 0.243 e. The fourth-order valence-corrected chi connectivity index (χ4v) is 4.53. The standard InChI is InChI=1S/C22H29ClN2O7S/c1-7-32-18-9-8-16(12-17(18)23)33(27,28)25(3)14-21(26)24(2)13-15-10-19(29-4)22(31-6)20(11-15)30-5/h8-12H,7,13-14H2,1-6H3. The van der Waals surface area contributed by atoms with Gasteiger partial charge in [0.25, 0.3) is 0 Å². The molecule has 182 valence electrons. The molecule has 0 aliphatic rings. The summed E-state index contributed by atoms with van der Waals surface area (Å²) in [6.07, 6.45) is 0. The van der Waals surface area contributed by atoms with Crippen molar-refractivity contribution in [2.24, 2.45) is 0 Å². The van der Waals surface area contributed by atoms with Crippen LogP contribution in [0.1, 0.15) is 12.5 Å². The molecule has 0 atom stereocenters. The third-order valence-electron chi connectivity index (χ3n) is 4.84. The van der Waals surface area contributed by atoms with E-state index in [-0.39, 0.29) is 23.0 Å². The maximum Gasteiger partial charge on any atom is 0.243 e. The molecule has 2 rings (SSSR count). The molecule has 1 amide bonds. The highest BCUT2D eigenvalue weighted by Gasteiger charge is 2.25. The molecule has 2 aromatic carbocycles. The van der Waals surface area contributed by atoms with Gasteiger partial charge in [0.05, 0.1) is 44.4 Å². The van der Waals surface area contributed by atoms with Gasteiger partial charge in [0, 0.05) is 20.6 Å². The number of methoxy groups -OCH3 is 3. The topological polar surface area (TPSA) is 94.6 Å². The second-order valence-electron chi connectivity index (χ2n) is 7.07. The molecule has 0 fully saturated rings. The molecular weight excluding hydrogens is 472 g/mol. The van der Waals surface area contributed by atoms with E-state index in [1.807, 2.05) is 0 Å². The number of carbonyl (C=O) groups excluding carboxylic acids is 1. The lowest BCUT2D eigenvalue weighted by Gasteiger charge is -2.23. The fraction of sp³-hybridized carbons (Fsp3) is 0.409. The Kier molecular flexibility index (Phi) is 9.21. The molecule has 33 heavy (non-hydrogen) atoms. The maximum atomic E-state index is 12.9. The predicted molar refractivity (Wildman–Crippen MR) is 125 cm³/mol. The summed E-state index contributed by atoms with van der Waals surface area (Å²) in [6, 6.07) is 7.65. The van der Waals surface area contributed by atoms with Gasteiger partial charge in [-0.1, -0.05) is 11.6 Å². The molecule has 0 saturated heterocycles. The van der Waals surface area contributed by atoms with Crippen LogP contribution in [0.5, 0.6) is 23.0 Å². The van der Waals surface area contributed by atoms with E-state index in [2.05, 4.69) is 0 Å². The van der Waals surface area contributed by atoms with Crippen molar-refractivity contribution in [3.8, 4) is 23.0 Å². The van der Waals surface area contributed by atoms with Gasteiger partial charge >= 0.3 is 0 Å². The van der Waals surface area contributed by atoms with Gasteiger partial charge in [-0.05, 0) is 42.8 Å². The summed E-state index contributed by atoms with van der Waals surface area (Å²) < 4.78 is 48.1. The average molecular weight is 501 g/mol. The molecule has 0 unspecified atom stereocenters. The first-order chi connectivity index (χ1) is 15.6. The van der Waals surface area contributed by atoms with Gasteiger partial charge < -0.3 is 23.8 Å². The molecular formula is C22H29ClN2O7S. The molecule has 0 bridgehead atoms. The third kappa shape index (κ3) is 6.21. The summed E-state index contributed by atoms with van der Waals surface area (Å²) in [7, 11) is 3.49. The zero-order valence-electron chi connectivity index (χ0n) is 19.5. The molecule has 0 saturated carbocycles. The monoisotopic (exact) mass is 500 g/mol. The molecule has 0 radical (unpaired) electrons. The number of amides is 1. The summed E-state index contributed by atoms with van der Waals surface area (Å²) in [4.78, 5) is 14.1. The number of carbonyl (C=O) groups is 1. The minimum atomic E-state index is -3.94. The van der Waals surface area contributed by atoms with E-state index < -0.39 is 15.9 Å². The van der Waals surface area contributed by atoms with Crippen molar-refractivity contribution in [3.63, 3.8) is 0 Å². The van der Waals surface area contributed by atoms with E-state index in [1.54, 1.807) is 26.1 Å². The number of hydrogen-bond acceptors (Lipinski definition) is 7. The lowest BCUT2D eigenvalue weighted by molar-refractivity contribution is -0.130. The summed E-state index contributed by atoms with van der Waals surface area (Å²) in [5, 5.41) is 0.178. The molecule has 0 heterocycles. The quantitative estimate of drug-likeness (QED) is 0.468. The van der Waals surface area contributed by atoms with Crippen LogP contribution < -0.4 is 18.9 Å². The number of likely N-dealkylation sites (N-methyl/N-ethyl adjacent to an activating group) is 2. The Labute approximate surface area is 199 Å². The first-order valence-electron chi connectivity index (χ1n) is 10.0. The number of hydrogen-bond donors (Lipinski definition) is 0. The second-order valence-corrected chi connectivity index (χ2v) is 9.52. The minimum Gasteiger partial charge on any atom is -0.493 e. The lowest BCUT2D eigenvalue weighted by Crippen LogP contribution is -2.39. The summed E-state index contributed by atoms with van der Waals surface area (Å²) in [5.41, 5.74) is 0.726. The Hall–Kier alpha value is -2.69. The van der Waals surface area contributed by atoms with Crippen molar-refractivity contribution in [3.05, 3.63) is 40.9 Å². The van der Waals surface area contributed by atoms with Crippen LogP contribution in [0.15, 0.2) is 35.2 Å². The van der Waals surface area contributed by atoms with E-state index in [0.29, 0.717) is 29.6 Å². The van der Waals surface area contributed by atoms with E-state index in [0.717, 1.165) is 9.87 Å². The van der Waals surface area contributed by atoms with Crippen molar-refractivity contribution >= 4 is 27.5 Å². The van der Waals surface area contributed by atoms with Crippen molar-refractivity contribution in [1.82, 2.24) is 9.21 Å². The molecule has 0 aliphatic heterocycles. The number of nitrogens with zero attached hydrogens (tertiary/aromatic N) is 2. The van der Waals surface area contributed by atoms with Crippen molar-refractivity contribution in [2.45, 2.75) is 18.4 Å². The highest BCUT2D eigenvalue weighted by molar-refractivity contribution is 7.89. The molecule has 0 aromatic heterocycles. The lowest BCUT2D eigenvalue weighted by atomic mass is 10.1. The van der Waals surface area contributed by atoms with E-state index in [1.165, 1.54) is 51.5 Å². The molecule has 0 N–H and O–H groups in total. The highest BCUT2D eigenvalue weighted by Crippen LogP contribution is 2.38. The van der Waals surface area contributed by atoms with Crippen LogP contribution in [-0.2, 0) is 21.4 Å². The Morgan fingerprint density at radius 2 is 1.58 bits per heavy atom. The van der Waals surface area contributed by atoms with Gasteiger partial charge in [-0.2, -0.15) is 4.31 Å². The maximum absolute atomic E-state index is 12.9. The van der Waals surface area contributed by atoms with Gasteiger partial charge in [-0.15, -0.1) is 0 Å². The predicted octanol–water partition coefficient (Wildman–Crippen LogP) is 3.04. The van der Waals surface area contributed by atoms with Crippen molar-refractivity contribution < 1.29 is 32.2 Å². The van der Waals surface area contributed by atoms with Crippen LogP contribution in [0.2, 0.25) is 5.02 Å². The Balaban J connectivity index is 2.15. The first-order valence-corrected chi connectivity index (χ1v) is 11.8. The number of sulfonamides is 1. The van der Waals surface area contributed by atoms with Gasteiger partial charge in [0.15, 0.2) is 11.5 Å². The van der Waals surface area contributed by atoms with Crippen molar-refractivity contribution in [1.29, 1.82) is 0 Å². The molecule has 11 heteroatoms. The molecule has 9 nitrogen and oxygen atoms in total. The van der Waals surface area contributed by atoms with Crippen molar-refractivity contribution in [2.75, 3.05) is 48.6 Å². The second kappa shape index (κ2) is 11.4. The number of rotatable bonds is 11. The Morgan fingerprint density at radius 3 is 2.06 bits per heavy atom. The molecule has 0 aliphatic carbocycles. The Morgan fingerprint density at radius 1 is 0.970 bits per heavy atom. The van der Waals surface area contributed by atoms with Crippen LogP contribution in [0, 0.1) is 0 Å². The van der Waals surface area contributed by atoms with E-state index >= 15 is 0 Å². The van der Waals surface area contributed by atoms with Crippen LogP contribution in [0.4, 0.5) is 0 Å². The van der Waals surface area contributed by atoms with E-state index in [9.17, 15) is 13.2 Å². The van der Waals surface area contributed by atoms with Crippen LogP contribution in [0.3, 0.4) is 0 Å². The van der Waals surface area contributed by atoms with E-state index in [4.69, 9.17) is 30.5 Å². The van der Waals surface area contributed by atoms with Gasteiger partial charge in [-0.3, -0.25) is 4.79 Å². The summed E-state index contributed by atoms with van der Waals surface area (Å²) in [6.45, 7) is 2.06. The number of ether oxygens (including phenoxy) is 4. The zero-order chi connectivity index (χ0) is 24.8. The van der Waals surface area contributed by atoms with Crippen LogP contribution in [-0.4, -0.2) is 72.1 Å². The fourth-order valence-electron chi connectivity index (χ4n) is 3.08. The van der Waals surface area contributed by atoms with Gasteiger partial charge in [-0.25, -0.2) is 8.42 Å². The first kappa shape index (κ1) is 26.6. The number of benzene rings is 2. The average Bonchev–Trinajstić information content (AvgIpc) is 2.79. The van der Waals surface area contributed by atoms with Gasteiger partial charge in [0.1, 0.15) is 5.75 Å². The normalized spacial score (nSPS) is 11.3. The molecule has 2 aromatic rings. The largest absolute Gasteiger partial charge is 0.493 e. The van der Waals surface area contributed by atoms with Gasteiger partial charge in [0.2, 0.25) is 21.7 Å². The summed E-state index contributed by atoms with van der Waals surface area (Å²) >= 11 is 6.12. The third-order valence-corrected chi connectivity index (χ3v) is 6.93. The van der Waals surface area contributed by atoms with Crippen LogP contribution >= 0.6 is 11.6 Å².